The molecule has 0 unspecified atom stereocenters. The largest absolute Gasteiger partial charge is 0.504 e. The number of phenols is 1. The summed E-state index contributed by atoms with van der Waals surface area (Å²) in [6.45, 7) is 4.11. The molecule has 1 aliphatic rings. The number of phenolic OH excluding ortho intramolecular Hbond substituents is 1. The van der Waals surface area contributed by atoms with Crippen molar-refractivity contribution in [2.24, 2.45) is 0 Å². The summed E-state index contributed by atoms with van der Waals surface area (Å²) in [5.41, 5.74) is 6.72. The van der Waals surface area contributed by atoms with Gasteiger partial charge in [-0.3, -0.25) is 9.89 Å². The van der Waals surface area contributed by atoms with E-state index in [4.69, 9.17) is 4.74 Å². The molecule has 0 fully saturated rings. The van der Waals surface area contributed by atoms with Crippen molar-refractivity contribution in [2.75, 3.05) is 12.4 Å². The molecule has 0 bridgehead atoms. The SMILES string of the molecule is COc1cc2c(cc1O)NC(=O)C[C@@H]2c1cn[nH]c1-c1cc(C)ccc1C. The molecule has 0 saturated carbocycles. The molecule has 3 aromatic rings. The van der Waals surface area contributed by atoms with Crippen molar-refractivity contribution < 1.29 is 14.6 Å². The maximum atomic E-state index is 12.3. The van der Waals surface area contributed by atoms with Crippen LogP contribution in [-0.2, 0) is 4.79 Å². The van der Waals surface area contributed by atoms with E-state index in [-0.39, 0.29) is 17.6 Å². The molecule has 2 aromatic carbocycles. The Morgan fingerprint density at radius 1 is 1.19 bits per heavy atom. The van der Waals surface area contributed by atoms with Crippen molar-refractivity contribution in [3.05, 3.63) is 58.8 Å². The molecule has 0 spiro atoms. The maximum Gasteiger partial charge on any atom is 0.225 e. The zero-order valence-electron chi connectivity index (χ0n) is 15.5. The average molecular weight is 363 g/mol. The fourth-order valence-electron chi connectivity index (χ4n) is 3.70. The summed E-state index contributed by atoms with van der Waals surface area (Å²) in [5.74, 6) is 0.105. The third-order valence-corrected chi connectivity index (χ3v) is 5.10. The predicted octanol–water partition coefficient (Wildman–Crippen LogP) is 3.88. The molecule has 0 radical (unpaired) electrons. The van der Waals surface area contributed by atoms with Crippen molar-refractivity contribution >= 4 is 11.6 Å². The smallest absolute Gasteiger partial charge is 0.225 e. The number of rotatable bonds is 3. The second-order valence-corrected chi connectivity index (χ2v) is 6.93. The Hall–Kier alpha value is -3.28. The first-order valence-corrected chi connectivity index (χ1v) is 8.79. The number of benzene rings is 2. The number of nitrogens with one attached hydrogen (secondary N) is 2. The van der Waals surface area contributed by atoms with Crippen molar-refractivity contribution in [1.82, 2.24) is 10.2 Å². The molecule has 0 aliphatic carbocycles. The van der Waals surface area contributed by atoms with Crippen molar-refractivity contribution in [3.8, 4) is 22.8 Å². The van der Waals surface area contributed by atoms with Gasteiger partial charge < -0.3 is 15.2 Å². The first kappa shape index (κ1) is 17.1. The zero-order chi connectivity index (χ0) is 19.1. The number of hydrogen-bond acceptors (Lipinski definition) is 4. The van der Waals surface area contributed by atoms with Crippen LogP contribution in [0.25, 0.3) is 11.3 Å². The van der Waals surface area contributed by atoms with Crippen LogP contribution in [0.3, 0.4) is 0 Å². The zero-order valence-corrected chi connectivity index (χ0v) is 15.5. The molecular formula is C21H21N3O3. The molecule has 2 heterocycles. The number of aromatic amines is 1. The normalized spacial score (nSPS) is 16.0. The average Bonchev–Trinajstić information content (AvgIpc) is 3.11. The third kappa shape index (κ3) is 2.93. The Labute approximate surface area is 157 Å². The highest BCUT2D eigenvalue weighted by atomic mass is 16.5. The number of H-pyrrole nitrogens is 1. The van der Waals surface area contributed by atoms with E-state index in [1.165, 1.54) is 13.2 Å². The van der Waals surface area contributed by atoms with Crippen LogP contribution >= 0.6 is 0 Å². The Kier molecular flexibility index (Phi) is 4.11. The number of ether oxygens (including phenoxy) is 1. The Morgan fingerprint density at radius 2 is 2.00 bits per heavy atom. The number of aromatic nitrogens is 2. The van der Waals surface area contributed by atoms with Gasteiger partial charge in [0.1, 0.15) is 0 Å². The lowest BCUT2D eigenvalue weighted by Crippen LogP contribution is -2.23. The minimum Gasteiger partial charge on any atom is -0.504 e. The standard InChI is InChI=1S/C21H21N3O3/c1-11-4-5-12(2)13(6-11)21-16(10-22-24-21)14-8-20(26)23-17-9-18(25)19(27-3)7-15(14)17/h4-7,9-10,14,25H,8H2,1-3H3,(H,22,24)(H,23,26)/t14-/m0/s1. The van der Waals surface area contributed by atoms with Crippen LogP contribution in [0.15, 0.2) is 36.5 Å². The Morgan fingerprint density at radius 3 is 2.78 bits per heavy atom. The highest BCUT2D eigenvalue weighted by Gasteiger charge is 2.31. The van der Waals surface area contributed by atoms with Gasteiger partial charge >= 0.3 is 0 Å². The Bertz CT molecular complexity index is 1040. The molecule has 27 heavy (non-hydrogen) atoms. The van der Waals surface area contributed by atoms with Gasteiger partial charge in [0.05, 0.1) is 19.0 Å². The van der Waals surface area contributed by atoms with E-state index in [9.17, 15) is 9.90 Å². The summed E-state index contributed by atoms with van der Waals surface area (Å²) < 4.78 is 5.27. The van der Waals surface area contributed by atoms with Crippen LogP contribution in [0.4, 0.5) is 5.69 Å². The highest BCUT2D eigenvalue weighted by molar-refractivity contribution is 5.96. The molecule has 3 N–H and O–H groups in total. The summed E-state index contributed by atoms with van der Waals surface area (Å²) >= 11 is 0. The van der Waals surface area contributed by atoms with Gasteiger partial charge in [0.2, 0.25) is 5.91 Å². The molecule has 1 aliphatic heterocycles. The molecule has 1 aromatic heterocycles. The summed E-state index contributed by atoms with van der Waals surface area (Å²) in [7, 11) is 1.51. The van der Waals surface area contributed by atoms with Crippen molar-refractivity contribution in [2.45, 2.75) is 26.2 Å². The van der Waals surface area contributed by atoms with E-state index in [0.29, 0.717) is 17.9 Å². The highest BCUT2D eigenvalue weighted by Crippen LogP contribution is 2.44. The van der Waals surface area contributed by atoms with Crippen molar-refractivity contribution in [1.29, 1.82) is 0 Å². The molecule has 0 saturated heterocycles. The van der Waals surface area contributed by atoms with Gasteiger partial charge in [0.25, 0.3) is 0 Å². The van der Waals surface area contributed by atoms with Crippen LogP contribution < -0.4 is 10.1 Å². The monoisotopic (exact) mass is 363 g/mol. The van der Waals surface area contributed by atoms with E-state index >= 15 is 0 Å². The summed E-state index contributed by atoms with van der Waals surface area (Å²) in [5, 5.41) is 20.3. The van der Waals surface area contributed by atoms with E-state index in [2.05, 4.69) is 47.6 Å². The molecule has 1 atom stereocenters. The number of aryl methyl sites for hydroxylation is 2. The van der Waals surface area contributed by atoms with Gasteiger partial charge in [-0.25, -0.2) is 0 Å². The van der Waals surface area contributed by atoms with Crippen LogP contribution in [-0.4, -0.2) is 28.3 Å². The second-order valence-electron chi connectivity index (χ2n) is 6.93. The van der Waals surface area contributed by atoms with Gasteiger partial charge in [-0.05, 0) is 37.1 Å². The summed E-state index contributed by atoms with van der Waals surface area (Å²) in [4.78, 5) is 12.3. The number of hydrogen-bond donors (Lipinski definition) is 3. The predicted molar refractivity (Wildman–Crippen MR) is 103 cm³/mol. The number of carbonyl (C=O) groups excluding carboxylic acids is 1. The number of anilines is 1. The van der Waals surface area contributed by atoms with Crippen LogP contribution in [0, 0.1) is 13.8 Å². The van der Waals surface area contributed by atoms with Crippen LogP contribution in [0.1, 0.15) is 34.6 Å². The van der Waals surface area contributed by atoms with E-state index in [1.54, 1.807) is 12.3 Å². The van der Waals surface area contributed by atoms with Crippen molar-refractivity contribution in [3.63, 3.8) is 0 Å². The molecule has 6 heteroatoms. The number of amides is 1. The molecule has 138 valence electrons. The Balaban J connectivity index is 1.88. The third-order valence-electron chi connectivity index (χ3n) is 5.10. The first-order valence-electron chi connectivity index (χ1n) is 8.79. The molecule has 4 rings (SSSR count). The molecule has 1 amide bonds. The fraction of sp³-hybridized carbons (Fsp3) is 0.238. The lowest BCUT2D eigenvalue weighted by molar-refractivity contribution is -0.116. The number of aromatic hydroxyl groups is 1. The summed E-state index contributed by atoms with van der Waals surface area (Å²) in [6, 6.07) is 9.60. The quantitative estimate of drug-likeness (QED) is 0.659. The van der Waals surface area contributed by atoms with Gasteiger partial charge in [0.15, 0.2) is 11.5 Å². The number of carbonyl (C=O) groups is 1. The topological polar surface area (TPSA) is 87.2 Å². The lowest BCUT2D eigenvalue weighted by atomic mass is 9.83. The first-order chi connectivity index (χ1) is 13.0. The summed E-state index contributed by atoms with van der Waals surface area (Å²) in [6.07, 6.45) is 2.09. The van der Waals surface area contributed by atoms with Crippen LogP contribution in [0.5, 0.6) is 11.5 Å². The lowest BCUT2D eigenvalue weighted by Gasteiger charge is -2.27. The van der Waals surface area contributed by atoms with E-state index < -0.39 is 0 Å². The number of methoxy groups -OCH3 is 1. The van der Waals surface area contributed by atoms with Gasteiger partial charge in [-0.1, -0.05) is 17.7 Å². The number of nitrogens with zero attached hydrogens (tertiary/aromatic N) is 1. The minimum atomic E-state index is -0.183. The van der Waals surface area contributed by atoms with Gasteiger partial charge in [-0.15, -0.1) is 0 Å². The van der Waals surface area contributed by atoms with E-state index in [0.717, 1.165) is 33.5 Å². The maximum absolute atomic E-state index is 12.3. The number of fused-ring (bicyclic) bond motifs is 1. The van der Waals surface area contributed by atoms with E-state index in [1.807, 2.05) is 0 Å². The fourth-order valence-corrected chi connectivity index (χ4v) is 3.70. The molecule has 6 nitrogen and oxygen atoms in total. The molecular weight excluding hydrogens is 342 g/mol. The second kappa shape index (κ2) is 6.46. The van der Waals surface area contributed by atoms with Crippen LogP contribution in [0.2, 0.25) is 0 Å². The van der Waals surface area contributed by atoms with Gasteiger partial charge in [0, 0.05) is 35.2 Å². The van der Waals surface area contributed by atoms with Gasteiger partial charge in [-0.2, -0.15) is 5.10 Å². The minimum absolute atomic E-state index is 0.000791.